The molecule has 0 aromatic rings. The lowest BCUT2D eigenvalue weighted by atomic mass is 9.76. The Hall–Kier alpha value is -1.14. The third-order valence-corrected chi connectivity index (χ3v) is 6.69. The molecule has 6 nitrogen and oxygen atoms in total. The van der Waals surface area contributed by atoms with E-state index < -0.39 is 0 Å². The number of hydrogen-bond donors (Lipinski definition) is 0. The Morgan fingerprint density at radius 1 is 1.08 bits per heavy atom. The summed E-state index contributed by atoms with van der Waals surface area (Å²) in [6.07, 6.45) is 5.26. The number of carbonyl (C=O) groups is 2. The molecule has 0 saturated carbocycles. The normalized spacial score (nSPS) is 34.6. The summed E-state index contributed by atoms with van der Waals surface area (Å²) in [5, 5.41) is 0. The summed E-state index contributed by atoms with van der Waals surface area (Å²) >= 11 is 0. The summed E-state index contributed by atoms with van der Waals surface area (Å²) < 4.78 is 0. The van der Waals surface area contributed by atoms with E-state index in [0.717, 1.165) is 71.5 Å². The first-order valence-electron chi connectivity index (χ1n) is 10.1. The monoisotopic (exact) mass is 348 g/mol. The maximum Gasteiger partial charge on any atom is 0.236 e. The molecule has 0 spiro atoms. The van der Waals surface area contributed by atoms with Crippen molar-refractivity contribution in [3.63, 3.8) is 0 Å². The molecule has 0 radical (unpaired) electrons. The minimum atomic E-state index is 0.298. The molecular weight excluding hydrogens is 316 g/mol. The van der Waals surface area contributed by atoms with Crippen LogP contribution in [0.25, 0.3) is 0 Å². The van der Waals surface area contributed by atoms with Crippen LogP contribution in [0, 0.1) is 11.8 Å². The van der Waals surface area contributed by atoms with Crippen LogP contribution in [0.4, 0.5) is 0 Å². The number of likely N-dealkylation sites (N-methyl/N-ethyl adjacent to an activating group) is 1. The van der Waals surface area contributed by atoms with E-state index in [2.05, 4.69) is 26.6 Å². The van der Waals surface area contributed by atoms with E-state index in [1.54, 1.807) is 0 Å². The second-order valence-electron chi connectivity index (χ2n) is 8.60. The van der Waals surface area contributed by atoms with Crippen LogP contribution >= 0.6 is 0 Å². The van der Waals surface area contributed by atoms with Gasteiger partial charge < -0.3 is 14.7 Å². The van der Waals surface area contributed by atoms with E-state index in [4.69, 9.17) is 0 Å². The van der Waals surface area contributed by atoms with Crippen LogP contribution in [-0.2, 0) is 9.59 Å². The Labute approximate surface area is 151 Å². The summed E-state index contributed by atoms with van der Waals surface area (Å²) in [5.41, 5.74) is 0. The molecule has 4 aliphatic heterocycles. The molecule has 4 rings (SSSR count). The van der Waals surface area contributed by atoms with Crippen molar-refractivity contribution in [3.8, 4) is 0 Å². The van der Waals surface area contributed by atoms with Gasteiger partial charge in [-0.05, 0) is 51.1 Å². The summed E-state index contributed by atoms with van der Waals surface area (Å²) in [5.74, 6) is 1.79. The number of carbonyl (C=O) groups excluding carboxylic acids is 2. The molecule has 0 unspecified atom stereocenters. The number of rotatable bonds is 2. The molecule has 2 amide bonds. The Kier molecular flexibility index (Phi) is 5.00. The van der Waals surface area contributed by atoms with Gasteiger partial charge in [0.2, 0.25) is 11.8 Å². The van der Waals surface area contributed by atoms with E-state index in [9.17, 15) is 9.59 Å². The smallest absolute Gasteiger partial charge is 0.236 e. The Balaban J connectivity index is 1.35. The first kappa shape index (κ1) is 17.3. The maximum absolute atomic E-state index is 12.8. The summed E-state index contributed by atoms with van der Waals surface area (Å²) in [7, 11) is 2.14. The average Bonchev–Trinajstić information content (AvgIpc) is 2.80. The van der Waals surface area contributed by atoms with Crippen molar-refractivity contribution in [2.45, 2.75) is 38.1 Å². The lowest BCUT2D eigenvalue weighted by molar-refractivity contribution is -0.146. The van der Waals surface area contributed by atoms with Crippen molar-refractivity contribution >= 4 is 11.8 Å². The van der Waals surface area contributed by atoms with Crippen molar-refractivity contribution in [1.29, 1.82) is 0 Å². The van der Waals surface area contributed by atoms with Gasteiger partial charge in [0.1, 0.15) is 0 Å². The van der Waals surface area contributed by atoms with Crippen LogP contribution in [-0.4, -0.2) is 96.9 Å². The maximum atomic E-state index is 12.8. The van der Waals surface area contributed by atoms with Crippen molar-refractivity contribution in [2.24, 2.45) is 11.8 Å². The first-order valence-corrected chi connectivity index (χ1v) is 10.1. The molecule has 0 aromatic heterocycles. The Bertz CT molecular complexity index is 526. The highest BCUT2D eigenvalue weighted by atomic mass is 16.2. The van der Waals surface area contributed by atoms with Gasteiger partial charge in [-0.15, -0.1) is 0 Å². The number of fused-ring (bicyclic) bond motifs is 4. The second-order valence-corrected chi connectivity index (χ2v) is 8.60. The third kappa shape index (κ3) is 3.70. The number of nitrogens with zero attached hydrogens (tertiary/aromatic N) is 4. The topological polar surface area (TPSA) is 47.1 Å². The first-order chi connectivity index (χ1) is 12.1. The van der Waals surface area contributed by atoms with Crippen LogP contribution in [0.2, 0.25) is 0 Å². The summed E-state index contributed by atoms with van der Waals surface area (Å²) in [6.45, 7) is 7.28. The molecule has 0 N–H and O–H groups in total. The fourth-order valence-corrected chi connectivity index (χ4v) is 5.43. The predicted molar refractivity (Wildman–Crippen MR) is 96.1 cm³/mol. The zero-order chi connectivity index (χ0) is 17.4. The summed E-state index contributed by atoms with van der Waals surface area (Å²) in [4.78, 5) is 33.9. The van der Waals surface area contributed by atoms with Gasteiger partial charge in [0.25, 0.3) is 0 Å². The molecule has 25 heavy (non-hydrogen) atoms. The Morgan fingerprint density at radius 3 is 2.84 bits per heavy atom. The molecule has 6 heteroatoms. The van der Waals surface area contributed by atoms with Gasteiger partial charge in [0.15, 0.2) is 0 Å². The van der Waals surface area contributed by atoms with Gasteiger partial charge in [-0.25, -0.2) is 0 Å². The molecule has 4 saturated heterocycles. The van der Waals surface area contributed by atoms with Gasteiger partial charge in [-0.2, -0.15) is 0 Å². The number of piperidine rings is 3. The van der Waals surface area contributed by atoms with Crippen LogP contribution in [0.3, 0.4) is 0 Å². The van der Waals surface area contributed by atoms with E-state index in [0.29, 0.717) is 36.2 Å². The molecular formula is C19H32N4O2. The molecule has 2 bridgehead atoms. The number of hydrogen-bond acceptors (Lipinski definition) is 4. The molecule has 4 heterocycles. The summed E-state index contributed by atoms with van der Waals surface area (Å²) in [6, 6.07) is 0.433. The minimum Gasteiger partial charge on any atom is -0.340 e. The highest BCUT2D eigenvalue weighted by Gasteiger charge is 2.44. The van der Waals surface area contributed by atoms with Crippen molar-refractivity contribution in [3.05, 3.63) is 0 Å². The zero-order valence-electron chi connectivity index (χ0n) is 15.5. The molecule has 0 aromatic carbocycles. The van der Waals surface area contributed by atoms with Crippen LogP contribution in [0.15, 0.2) is 0 Å². The Morgan fingerprint density at radius 2 is 1.96 bits per heavy atom. The lowest BCUT2D eigenvalue weighted by Gasteiger charge is -2.52. The predicted octanol–water partition coefficient (Wildman–Crippen LogP) is 0.483. The highest BCUT2D eigenvalue weighted by Crippen LogP contribution is 2.37. The lowest BCUT2D eigenvalue weighted by Crippen LogP contribution is -2.61. The second kappa shape index (κ2) is 7.23. The minimum absolute atomic E-state index is 0.298. The number of amides is 2. The van der Waals surface area contributed by atoms with Crippen LogP contribution in [0.5, 0.6) is 0 Å². The van der Waals surface area contributed by atoms with Crippen LogP contribution < -0.4 is 0 Å². The van der Waals surface area contributed by atoms with Gasteiger partial charge in [-0.3, -0.25) is 14.5 Å². The highest BCUT2D eigenvalue weighted by molar-refractivity contribution is 5.78. The van der Waals surface area contributed by atoms with Gasteiger partial charge >= 0.3 is 0 Å². The molecule has 0 aliphatic carbocycles. The van der Waals surface area contributed by atoms with Gasteiger partial charge in [0, 0.05) is 51.7 Å². The fourth-order valence-electron chi connectivity index (χ4n) is 5.43. The standard InChI is InChI=1S/C19H32N4O2/c1-20-6-3-7-22(9-8-20)19(25)14-21-11-15-10-16(13-21)17-4-2-5-18(24)23(17)12-15/h15-17H,2-14H2,1H3/t15-,16-,17-/m1/s1. The fraction of sp³-hybridized carbons (Fsp3) is 0.895. The molecule has 4 aliphatic rings. The van der Waals surface area contributed by atoms with E-state index in [1.807, 2.05) is 0 Å². The average molecular weight is 348 g/mol. The van der Waals surface area contributed by atoms with Gasteiger partial charge in [0.05, 0.1) is 6.54 Å². The molecule has 140 valence electrons. The third-order valence-electron chi connectivity index (χ3n) is 6.69. The molecule has 4 fully saturated rings. The van der Waals surface area contributed by atoms with E-state index >= 15 is 0 Å². The largest absolute Gasteiger partial charge is 0.340 e. The zero-order valence-corrected chi connectivity index (χ0v) is 15.5. The SMILES string of the molecule is CN1CCCN(C(=O)CN2C[C@H]3C[C@H](C2)[C@H]2CCCC(=O)N2C3)CC1. The van der Waals surface area contributed by atoms with Crippen molar-refractivity contribution in [1.82, 2.24) is 19.6 Å². The molecule has 3 atom stereocenters. The van der Waals surface area contributed by atoms with E-state index in [-0.39, 0.29) is 0 Å². The number of likely N-dealkylation sites (tertiary alicyclic amines) is 1. The van der Waals surface area contributed by atoms with Crippen molar-refractivity contribution in [2.75, 3.05) is 59.4 Å². The quantitative estimate of drug-likeness (QED) is 0.728. The van der Waals surface area contributed by atoms with Crippen molar-refractivity contribution < 1.29 is 9.59 Å². The van der Waals surface area contributed by atoms with Gasteiger partial charge in [-0.1, -0.05) is 0 Å². The van der Waals surface area contributed by atoms with Crippen LogP contribution in [0.1, 0.15) is 32.1 Å². The van der Waals surface area contributed by atoms with E-state index in [1.165, 1.54) is 6.42 Å².